The molecule has 2 aromatic rings. The molecule has 684 valence electrons. The Kier molecular flexibility index (Phi) is 23.3. The molecule has 26 aliphatic rings. The molecule has 2 aromatic carbocycles. The summed E-state index contributed by atoms with van der Waals surface area (Å²) in [6, 6.07) is 16.1. The lowest BCUT2D eigenvalue weighted by molar-refractivity contribution is -0.0472. The maximum absolute atomic E-state index is 8.47. The zero-order valence-corrected chi connectivity index (χ0v) is 90.4. The fourth-order valence-corrected chi connectivity index (χ4v) is 140. The van der Waals surface area contributed by atoms with Gasteiger partial charge in [0.25, 0.3) is 0 Å². The van der Waals surface area contributed by atoms with Crippen LogP contribution in [0.4, 0.5) is 0 Å². The molecule has 14 aliphatic carbocycles. The molecule has 124 heavy (non-hydrogen) atoms. The monoisotopic (exact) mass is 2020 g/mol. The summed E-state index contributed by atoms with van der Waals surface area (Å²) in [5.41, 5.74) is 0.288. The van der Waals surface area contributed by atoms with Crippen LogP contribution in [0, 0.1) is 0 Å². The Balaban J connectivity index is 0.000000136. The van der Waals surface area contributed by atoms with Crippen LogP contribution in [0.2, 0.25) is 87.6 Å². The fourth-order valence-electron chi connectivity index (χ4n) is 28.8. The number of hydrogen-bond donors (Lipinski definition) is 0. The minimum absolute atomic E-state index is 0.00244. The van der Waals surface area contributed by atoms with Gasteiger partial charge < -0.3 is 98.8 Å². The van der Waals surface area contributed by atoms with E-state index in [0.717, 1.165) is 370 Å². The van der Waals surface area contributed by atoms with Crippen molar-refractivity contribution in [3.8, 4) is 0 Å². The highest BCUT2D eigenvalue weighted by atomic mass is 35.5. The third kappa shape index (κ3) is 14.3. The van der Waals surface area contributed by atoms with E-state index >= 15 is 0 Å². The lowest BCUT2D eigenvalue weighted by Crippen LogP contribution is -2.91. The van der Waals surface area contributed by atoms with Crippen molar-refractivity contribution in [2.75, 3.05) is 0 Å². The molecule has 12 heterocycles. The lowest BCUT2D eigenvalue weighted by atomic mass is 10.4. The van der Waals surface area contributed by atoms with Crippen LogP contribution in [0.15, 0.2) is 48.5 Å². The molecule has 12 aliphatic heterocycles. The molecule has 0 N–H and O–H groups in total. The predicted molar refractivity (Wildman–Crippen MR) is 491 cm³/mol. The van der Waals surface area contributed by atoms with Crippen molar-refractivity contribution in [1.82, 2.24) is 0 Å². The van der Waals surface area contributed by atoms with Crippen molar-refractivity contribution in [3.05, 3.63) is 58.6 Å². The van der Waals surface area contributed by atoms with Crippen LogP contribution in [0.25, 0.3) is 0 Å². The average Bonchev–Trinajstić information content (AvgIpc) is 1.38. The Morgan fingerprint density at radius 1 is 0.153 bits per heavy atom. The normalized spacial score (nSPS) is 47.5. The van der Waals surface area contributed by atoms with E-state index in [4.69, 9.17) is 122 Å². The molecule has 28 rings (SSSR count). The number of halogens is 2. The standard InChI is InChI=1S/2C41H67ClO12Si8/c42-33-16-15-31-41(32-33)62-52-59(38-25-9-10-26-38)46-56(35-19-3-4-20-35)43-55(34-17-1-2-18-34)44-57(48-59,36-21-5-6-22-36)50-61(54-62,40-29-13-14-30-40)51-58(45-55,37-23-7-8-24-37)49-60(47-56,53-62)39-27-11-12-28-39;42-33-29-31-41(32-30-33)62-52-59(38-23-9-10-24-38)46-56(35-17-3-4-18-35)43-55(34-15-1-2-16-34)44-57(48-59,36-19-5-6-20-36)50-61(54-62,40-27-13-14-28-40)51-58(45-55,37-21-7-8-22-37)49-60(47-56,53-62)39-25-11-12-26-39/h15-16,31-32,34-40H,1-14,17-30H2;29-32,34-40H,1-28H2. The molecule has 42 heteroatoms. The highest BCUT2D eigenvalue weighted by molar-refractivity contribution is 7.09. The number of hydrogen-bond acceptors (Lipinski definition) is 24. The van der Waals surface area contributed by atoms with E-state index in [2.05, 4.69) is 18.2 Å². The SMILES string of the molecule is Clc1ccc([Si]23O[Si]4(C5CCCC5)O[Si]5(C6CCCC6)O[Si](C6CCCC6)(O2)O[Si]2(C6CCCC6)O[Si](C6CCCC6)(O3)O[Si](C3CCCC3)(O4)O[Si](C3CCCC3)(O5)O2)cc1.Clc1cccc([Si]23O[Si]4(C5CCCC5)O[Si]5(C6CCCC6)O[Si](C6CCCC6)(O2)O[Si]2(C6CCCC6)O[Si](C6CCCC6)(O3)O[Si](C3CCCC3)(O4)O[Si](C3CCCC3)(O5)O2)c1. The zero-order valence-electron chi connectivity index (χ0n) is 72.9. The Bertz CT molecular complexity index is 3850. The van der Waals surface area contributed by atoms with Crippen LogP contribution >= 0.6 is 23.2 Å². The first kappa shape index (κ1) is 87.1. The molecule has 0 radical (unpaired) electrons. The van der Waals surface area contributed by atoms with Crippen LogP contribution in [0.3, 0.4) is 0 Å². The summed E-state index contributed by atoms with van der Waals surface area (Å²) in [6.07, 6.45) is 57.2. The second-order valence-corrected chi connectivity index (χ2v) is 94.9. The van der Waals surface area contributed by atoms with E-state index in [1.165, 1.54) is 0 Å². The summed E-state index contributed by atoms with van der Waals surface area (Å²) >= 11 is 13.8. The third-order valence-electron chi connectivity index (χ3n) is 35.1. The van der Waals surface area contributed by atoms with E-state index in [1.807, 2.05) is 30.3 Å². The highest BCUT2D eigenvalue weighted by Gasteiger charge is 2.92. The molecule has 16 bridgehead atoms. The van der Waals surface area contributed by atoms with Gasteiger partial charge in [-0.05, 0) is 204 Å². The minimum Gasteiger partial charge on any atom is -0.373 e. The molecule has 26 fully saturated rings. The largest absolute Gasteiger partial charge is 0.515 e. The smallest absolute Gasteiger partial charge is 0.373 e. The Morgan fingerprint density at radius 3 is 0.435 bits per heavy atom. The Morgan fingerprint density at radius 2 is 0.290 bits per heavy atom. The average molecular weight is 2020 g/mol. The van der Waals surface area contributed by atoms with Crippen molar-refractivity contribution in [2.24, 2.45) is 0 Å². The second kappa shape index (κ2) is 33.1. The quantitative estimate of drug-likeness (QED) is 0.143. The van der Waals surface area contributed by atoms with Gasteiger partial charge in [-0.15, -0.1) is 0 Å². The minimum atomic E-state index is -4.28. The Labute approximate surface area is 762 Å². The third-order valence-corrected chi connectivity index (χ3v) is 114. The van der Waals surface area contributed by atoms with Gasteiger partial charge in [-0.25, -0.2) is 0 Å². The van der Waals surface area contributed by atoms with Crippen LogP contribution in [0.5, 0.6) is 0 Å². The molecule has 0 unspecified atom stereocenters. The summed E-state index contributed by atoms with van der Waals surface area (Å²) in [7, 11) is -64.2. The fraction of sp³-hybridized carbons (Fsp3) is 0.854. The molecule has 0 atom stereocenters. The summed E-state index contributed by atoms with van der Waals surface area (Å²) in [4.78, 5) is 0. The molecule has 0 aromatic heterocycles. The molecule has 12 saturated heterocycles. The lowest BCUT2D eigenvalue weighted by Gasteiger charge is -2.66. The maximum atomic E-state index is 8.47. The molecule has 24 nitrogen and oxygen atoms in total. The van der Waals surface area contributed by atoms with Crippen molar-refractivity contribution in [1.29, 1.82) is 0 Å². The highest BCUT2D eigenvalue weighted by Crippen LogP contribution is 2.71. The topological polar surface area (TPSA) is 222 Å². The molecule has 0 amide bonds. The summed E-state index contributed by atoms with van der Waals surface area (Å²) < 4.78 is 203. The van der Waals surface area contributed by atoms with Gasteiger partial charge in [0, 0.05) is 98.0 Å². The predicted octanol–water partition coefficient (Wildman–Crippen LogP) is 21.9. The number of rotatable bonds is 16. The van der Waals surface area contributed by atoms with Crippen LogP contribution in [0.1, 0.15) is 360 Å². The van der Waals surface area contributed by atoms with Gasteiger partial charge in [0.2, 0.25) is 0 Å². The first-order valence-corrected chi connectivity index (χ1v) is 80.2. The van der Waals surface area contributed by atoms with Gasteiger partial charge in [0.1, 0.15) is 0 Å². The van der Waals surface area contributed by atoms with Crippen LogP contribution in [-0.2, 0) is 98.8 Å². The van der Waals surface area contributed by atoms with E-state index < -0.39 is 141 Å². The Hall–Kier alpha value is 1.53. The molecule has 14 saturated carbocycles. The molecule has 0 spiro atoms. The summed E-state index contributed by atoms with van der Waals surface area (Å²) in [5, 5.41) is 2.88. The number of benzene rings is 2. The van der Waals surface area contributed by atoms with Gasteiger partial charge in [-0.1, -0.05) is 227 Å². The van der Waals surface area contributed by atoms with Crippen LogP contribution < -0.4 is 10.4 Å². The van der Waals surface area contributed by atoms with Gasteiger partial charge >= 0.3 is 141 Å². The van der Waals surface area contributed by atoms with Crippen molar-refractivity contribution >= 4 is 174 Å². The van der Waals surface area contributed by atoms with E-state index in [1.54, 1.807) is 0 Å². The summed E-state index contributed by atoms with van der Waals surface area (Å²) in [5.74, 6) is 0. The first-order valence-electron chi connectivity index (χ1n) is 50.8. The van der Waals surface area contributed by atoms with E-state index in [9.17, 15) is 0 Å². The van der Waals surface area contributed by atoms with Gasteiger partial charge in [-0.2, -0.15) is 0 Å². The van der Waals surface area contributed by atoms with Crippen molar-refractivity contribution in [2.45, 2.75) is 437 Å². The zero-order chi connectivity index (χ0) is 82.6. The van der Waals surface area contributed by atoms with Crippen molar-refractivity contribution in [3.63, 3.8) is 0 Å². The van der Waals surface area contributed by atoms with Gasteiger partial charge in [0.15, 0.2) is 0 Å². The first-order chi connectivity index (χ1) is 60.4. The van der Waals surface area contributed by atoms with E-state index in [0.29, 0.717) is 10.0 Å². The van der Waals surface area contributed by atoms with Gasteiger partial charge in [0.05, 0.1) is 0 Å². The van der Waals surface area contributed by atoms with E-state index in [-0.39, 0.29) is 77.6 Å². The van der Waals surface area contributed by atoms with Crippen molar-refractivity contribution < 1.29 is 98.8 Å². The van der Waals surface area contributed by atoms with Gasteiger partial charge in [-0.3, -0.25) is 0 Å². The molecular formula is C82H134Cl2O24Si16. The van der Waals surface area contributed by atoms with Crippen LogP contribution in [-0.4, -0.2) is 141 Å². The maximum Gasteiger partial charge on any atom is 0.515 e. The second-order valence-electron chi connectivity index (χ2n) is 42.8. The molecular weight excluding hydrogens is 1890 g/mol. The summed E-state index contributed by atoms with van der Waals surface area (Å²) in [6.45, 7) is 0.